The fourth-order valence-electron chi connectivity index (χ4n) is 0. The topological polar surface area (TPSA) is 20.2 Å². The van der Waals surface area contributed by atoms with Crippen LogP contribution in [0.2, 0.25) is 0 Å². The SMILES string of the molecule is C=CO.[LiH]. The fraction of sp³-hybridized carbons (Fsp3) is 0. The third kappa shape index (κ3) is 146. The van der Waals surface area contributed by atoms with E-state index in [0.717, 1.165) is 6.26 Å². The summed E-state index contributed by atoms with van der Waals surface area (Å²) in [5, 5.41) is 7.33. The van der Waals surface area contributed by atoms with Crippen LogP contribution in [0.15, 0.2) is 12.8 Å². The molecule has 0 aromatic heterocycles. The van der Waals surface area contributed by atoms with E-state index < -0.39 is 0 Å². The van der Waals surface area contributed by atoms with Gasteiger partial charge >= 0.3 is 18.9 Å². The molecule has 2 heteroatoms. The van der Waals surface area contributed by atoms with Gasteiger partial charge in [0.15, 0.2) is 0 Å². The summed E-state index contributed by atoms with van der Waals surface area (Å²) in [4.78, 5) is 0. The van der Waals surface area contributed by atoms with E-state index in [9.17, 15) is 0 Å². The molecule has 0 amide bonds. The van der Waals surface area contributed by atoms with Gasteiger partial charge in [-0.3, -0.25) is 0 Å². The summed E-state index contributed by atoms with van der Waals surface area (Å²) in [5.74, 6) is 0. The van der Waals surface area contributed by atoms with Crippen molar-refractivity contribution in [2.24, 2.45) is 0 Å². The van der Waals surface area contributed by atoms with Crippen molar-refractivity contribution in [3.63, 3.8) is 0 Å². The van der Waals surface area contributed by atoms with Gasteiger partial charge in [0, 0.05) is 0 Å². The zero-order valence-electron chi connectivity index (χ0n) is 1.73. The van der Waals surface area contributed by atoms with Crippen LogP contribution in [0.25, 0.3) is 0 Å². The quantitative estimate of drug-likeness (QED) is 0.304. The summed E-state index contributed by atoms with van der Waals surface area (Å²) in [6, 6.07) is 0. The van der Waals surface area contributed by atoms with E-state index in [-0.39, 0.29) is 18.9 Å². The maximum absolute atomic E-state index is 7.33. The van der Waals surface area contributed by atoms with Crippen LogP contribution in [0.1, 0.15) is 0 Å². The first kappa shape index (κ1) is 8.91. The first-order chi connectivity index (χ1) is 1.41. The molecule has 4 heavy (non-hydrogen) atoms. The summed E-state index contributed by atoms with van der Waals surface area (Å²) >= 11 is 0. The first-order valence-corrected chi connectivity index (χ1v) is 0.666. The van der Waals surface area contributed by atoms with E-state index in [2.05, 4.69) is 6.58 Å². The Bertz CT molecular complexity index is 13.5. The van der Waals surface area contributed by atoms with Crippen LogP contribution in [-0.4, -0.2) is 24.0 Å². The van der Waals surface area contributed by atoms with Crippen LogP contribution in [0.5, 0.6) is 0 Å². The van der Waals surface area contributed by atoms with Crippen molar-refractivity contribution >= 4 is 18.9 Å². The number of aliphatic hydroxyl groups excluding tert-OH is 1. The molecule has 0 radical (unpaired) electrons. The summed E-state index contributed by atoms with van der Waals surface area (Å²) in [7, 11) is 0. The van der Waals surface area contributed by atoms with Crippen molar-refractivity contribution < 1.29 is 5.11 Å². The molecule has 0 bridgehead atoms. The molecule has 0 saturated carbocycles. The standard InChI is InChI=1S/C2H4O.Li.H/c1-2-3;;/h2-3H,1H2;;. The molecule has 0 spiro atoms. The Morgan fingerprint density at radius 1 is 1.75 bits per heavy atom. The Balaban J connectivity index is 0. The second-order valence-electron chi connectivity index (χ2n) is 0.183. The Morgan fingerprint density at radius 2 is 1.75 bits per heavy atom. The van der Waals surface area contributed by atoms with E-state index >= 15 is 0 Å². The van der Waals surface area contributed by atoms with Crippen LogP contribution in [0, 0.1) is 0 Å². The zero-order chi connectivity index (χ0) is 2.71. The van der Waals surface area contributed by atoms with Gasteiger partial charge in [-0.05, 0) is 0 Å². The van der Waals surface area contributed by atoms with Gasteiger partial charge < -0.3 is 5.11 Å². The van der Waals surface area contributed by atoms with Crippen LogP contribution in [0.3, 0.4) is 0 Å². The predicted molar refractivity (Wildman–Crippen MR) is 20.0 cm³/mol. The second kappa shape index (κ2) is 11.1. The van der Waals surface area contributed by atoms with Gasteiger partial charge in [0.25, 0.3) is 0 Å². The summed E-state index contributed by atoms with van der Waals surface area (Å²) in [5.41, 5.74) is 0. The van der Waals surface area contributed by atoms with Crippen molar-refractivity contribution in [2.75, 3.05) is 0 Å². The molecule has 0 atom stereocenters. The predicted octanol–water partition coefficient (Wildman–Crippen LogP) is 0.0394. The molecular weight excluding hydrogens is 47.0 g/mol. The van der Waals surface area contributed by atoms with E-state index in [0.29, 0.717) is 0 Å². The summed E-state index contributed by atoms with van der Waals surface area (Å²) < 4.78 is 0. The van der Waals surface area contributed by atoms with Crippen LogP contribution in [0.4, 0.5) is 0 Å². The second-order valence-corrected chi connectivity index (χ2v) is 0.183. The van der Waals surface area contributed by atoms with E-state index in [4.69, 9.17) is 5.11 Å². The third-order valence-corrected chi connectivity index (χ3v) is 0. The molecule has 0 unspecified atom stereocenters. The number of rotatable bonds is 0. The van der Waals surface area contributed by atoms with E-state index in [1.807, 2.05) is 0 Å². The molecule has 0 aromatic carbocycles. The third-order valence-electron chi connectivity index (χ3n) is 0. The van der Waals surface area contributed by atoms with E-state index in [1.165, 1.54) is 0 Å². The van der Waals surface area contributed by atoms with Gasteiger partial charge in [0.1, 0.15) is 0 Å². The molecule has 0 saturated heterocycles. The van der Waals surface area contributed by atoms with Crippen LogP contribution >= 0.6 is 0 Å². The van der Waals surface area contributed by atoms with Gasteiger partial charge in [-0.2, -0.15) is 0 Å². The van der Waals surface area contributed by atoms with Crippen molar-refractivity contribution in [3.05, 3.63) is 12.8 Å². The minimum absolute atomic E-state index is 0. The first-order valence-electron chi connectivity index (χ1n) is 0.666. The normalized spacial score (nSPS) is 3.00. The zero-order valence-corrected chi connectivity index (χ0v) is 1.73. The Labute approximate surface area is 37.5 Å². The average molecular weight is 52.0 g/mol. The summed E-state index contributed by atoms with van der Waals surface area (Å²) in [6.45, 7) is 2.92. The fourth-order valence-corrected chi connectivity index (χ4v) is 0. The molecule has 0 heterocycles. The van der Waals surface area contributed by atoms with Crippen molar-refractivity contribution in [1.82, 2.24) is 0 Å². The van der Waals surface area contributed by atoms with Gasteiger partial charge in [-0.1, -0.05) is 6.58 Å². The average Bonchev–Trinajstić information content (AvgIpc) is 0.918. The molecule has 0 aliphatic carbocycles. The van der Waals surface area contributed by atoms with Gasteiger partial charge in [0.2, 0.25) is 0 Å². The van der Waals surface area contributed by atoms with Gasteiger partial charge in [-0.15, -0.1) is 0 Å². The number of hydrogen-bond acceptors (Lipinski definition) is 1. The Hall–Kier alpha value is 0.137. The number of hydrogen-bond donors (Lipinski definition) is 1. The molecule has 0 aliphatic heterocycles. The maximum atomic E-state index is 7.33. The summed E-state index contributed by atoms with van der Waals surface area (Å²) in [6.07, 6.45) is 0.750. The molecule has 20 valence electrons. The molecule has 0 rings (SSSR count). The molecule has 0 aromatic rings. The van der Waals surface area contributed by atoms with Crippen LogP contribution < -0.4 is 0 Å². The molecular formula is C2H5LiO. The minimum atomic E-state index is 0. The van der Waals surface area contributed by atoms with Crippen molar-refractivity contribution in [3.8, 4) is 0 Å². The van der Waals surface area contributed by atoms with Crippen molar-refractivity contribution in [1.29, 1.82) is 0 Å². The molecule has 1 N–H and O–H groups in total. The Morgan fingerprint density at radius 3 is 1.75 bits per heavy atom. The molecule has 0 aliphatic rings. The van der Waals surface area contributed by atoms with Crippen molar-refractivity contribution in [2.45, 2.75) is 0 Å². The monoisotopic (exact) mass is 52.1 g/mol. The molecule has 1 nitrogen and oxygen atoms in total. The Kier molecular flexibility index (Phi) is 24.7. The van der Waals surface area contributed by atoms with Gasteiger partial charge in [-0.25, -0.2) is 0 Å². The van der Waals surface area contributed by atoms with E-state index in [1.54, 1.807) is 0 Å². The van der Waals surface area contributed by atoms with Crippen LogP contribution in [-0.2, 0) is 0 Å². The molecule has 0 fully saturated rings. The number of aliphatic hydroxyl groups is 1. The van der Waals surface area contributed by atoms with Gasteiger partial charge in [0.05, 0.1) is 6.26 Å².